The third-order valence-electron chi connectivity index (χ3n) is 9.15. The highest BCUT2D eigenvalue weighted by Crippen LogP contribution is 2.64. The molecule has 1 nitrogen and oxygen atoms in total. The summed E-state index contributed by atoms with van der Waals surface area (Å²) in [6, 6.07) is 2.77. The Labute approximate surface area is 250 Å². The van der Waals surface area contributed by atoms with Crippen LogP contribution in [0, 0.1) is 17.8 Å². The molecule has 0 amide bonds. The number of halogens is 17. The van der Waals surface area contributed by atoms with E-state index in [0.29, 0.717) is 48.3 Å². The highest BCUT2D eigenvalue weighted by atomic mass is 19.4. The van der Waals surface area contributed by atoms with Gasteiger partial charge in [-0.05, 0) is 67.8 Å². The molecule has 0 saturated heterocycles. The Kier molecular flexibility index (Phi) is 9.94. The topological polar surface area (TPSA) is 17.1 Å². The standard InChI is InChI=1S/C28H27F17O/c1-14-2-4-15(5-3-14)16-6-8-17(9-7-16)18-10-12-19(13-11-18)20(46)21(29,30)22(31,32)23(33,34)24(35,36)25(37,38)26(39,40)27(41,42)28(43,44)45/h10-17H,2-9H2,1H3. The van der Waals surface area contributed by atoms with Gasteiger partial charge >= 0.3 is 47.6 Å². The molecule has 0 unspecified atom stereocenters. The molecule has 2 aliphatic rings. The fraction of sp³-hybridized carbons (Fsp3) is 0.750. The first kappa shape index (κ1) is 38.2. The Hall–Kier alpha value is -2.30. The molecule has 0 aliphatic heterocycles. The Morgan fingerprint density at radius 1 is 0.500 bits per heavy atom. The molecule has 0 N–H and O–H groups in total. The van der Waals surface area contributed by atoms with Crippen LogP contribution in [0.2, 0.25) is 0 Å². The second-order valence-corrected chi connectivity index (χ2v) is 12.1. The first-order valence-electron chi connectivity index (χ1n) is 14.0. The van der Waals surface area contributed by atoms with E-state index in [4.69, 9.17) is 0 Å². The Morgan fingerprint density at radius 2 is 0.848 bits per heavy atom. The van der Waals surface area contributed by atoms with Gasteiger partial charge in [0.2, 0.25) is 5.78 Å². The average Bonchev–Trinajstić information content (AvgIpc) is 2.96. The lowest BCUT2D eigenvalue weighted by atomic mass is 9.68. The van der Waals surface area contributed by atoms with Gasteiger partial charge in [-0.3, -0.25) is 4.79 Å². The van der Waals surface area contributed by atoms with Crippen molar-refractivity contribution in [2.24, 2.45) is 17.8 Å². The van der Waals surface area contributed by atoms with Gasteiger partial charge in [0.05, 0.1) is 0 Å². The van der Waals surface area contributed by atoms with E-state index >= 15 is 0 Å². The quantitative estimate of drug-likeness (QED) is 0.175. The molecular weight excluding hydrogens is 675 g/mol. The maximum atomic E-state index is 14.4. The second kappa shape index (κ2) is 12.0. The molecule has 1 aromatic rings. The molecule has 2 saturated carbocycles. The van der Waals surface area contributed by atoms with Crippen LogP contribution in [-0.2, 0) is 0 Å². The molecule has 2 fully saturated rings. The minimum absolute atomic E-state index is 0.202. The van der Waals surface area contributed by atoms with Gasteiger partial charge < -0.3 is 0 Å². The van der Waals surface area contributed by atoms with Gasteiger partial charge in [-0.25, -0.2) is 0 Å². The summed E-state index contributed by atoms with van der Waals surface area (Å²) >= 11 is 0. The number of rotatable bonds is 10. The van der Waals surface area contributed by atoms with Crippen LogP contribution >= 0.6 is 0 Å². The predicted molar refractivity (Wildman–Crippen MR) is 127 cm³/mol. The molecular formula is C28H27F17O. The van der Waals surface area contributed by atoms with Crippen LogP contribution < -0.4 is 0 Å². The van der Waals surface area contributed by atoms with Gasteiger partial charge in [-0.2, -0.15) is 74.6 Å². The minimum Gasteiger partial charge on any atom is -0.287 e. The van der Waals surface area contributed by atoms with Crippen LogP contribution in [-0.4, -0.2) is 53.4 Å². The Morgan fingerprint density at radius 3 is 1.24 bits per heavy atom. The maximum Gasteiger partial charge on any atom is 0.460 e. The Bertz CT molecular complexity index is 1220. The average molecular weight is 702 g/mol. The molecule has 0 atom stereocenters. The maximum absolute atomic E-state index is 14.4. The van der Waals surface area contributed by atoms with Gasteiger partial charge in [0.25, 0.3) is 0 Å². The van der Waals surface area contributed by atoms with E-state index in [9.17, 15) is 79.4 Å². The summed E-state index contributed by atoms with van der Waals surface area (Å²) in [7, 11) is 0. The number of carbonyl (C=O) groups excluding carboxylic acids is 1. The van der Waals surface area contributed by atoms with Crippen molar-refractivity contribution in [2.45, 2.75) is 112 Å². The molecule has 0 bridgehead atoms. The first-order valence-corrected chi connectivity index (χ1v) is 14.0. The van der Waals surface area contributed by atoms with Gasteiger partial charge in [0.1, 0.15) is 0 Å². The number of alkyl halides is 17. The van der Waals surface area contributed by atoms with E-state index in [0.717, 1.165) is 50.7 Å². The molecule has 46 heavy (non-hydrogen) atoms. The highest BCUT2D eigenvalue weighted by Gasteiger charge is 2.95. The van der Waals surface area contributed by atoms with Crippen molar-refractivity contribution in [3.63, 3.8) is 0 Å². The van der Waals surface area contributed by atoms with Gasteiger partial charge in [0.15, 0.2) is 0 Å². The largest absolute Gasteiger partial charge is 0.460 e. The zero-order valence-corrected chi connectivity index (χ0v) is 23.6. The zero-order chi connectivity index (χ0) is 35.5. The summed E-state index contributed by atoms with van der Waals surface area (Å²) in [6.45, 7) is 2.16. The fourth-order valence-electron chi connectivity index (χ4n) is 6.08. The van der Waals surface area contributed by atoms with Crippen molar-refractivity contribution >= 4 is 5.78 Å². The number of Topliss-reactive ketones (excluding diaryl/α,β-unsaturated/α-hetero) is 1. The first-order chi connectivity index (χ1) is 20.6. The van der Waals surface area contributed by atoms with Gasteiger partial charge in [-0.1, -0.05) is 44.0 Å². The lowest BCUT2D eigenvalue weighted by molar-refractivity contribution is -0.459. The molecule has 0 spiro atoms. The number of ketones is 1. The summed E-state index contributed by atoms with van der Waals surface area (Å²) < 4.78 is 230. The molecule has 3 rings (SSSR count). The van der Waals surface area contributed by atoms with Crippen LogP contribution in [0.3, 0.4) is 0 Å². The number of hydrogen-bond donors (Lipinski definition) is 0. The lowest BCUT2D eigenvalue weighted by Gasteiger charge is -2.42. The van der Waals surface area contributed by atoms with E-state index < -0.39 is 59.0 Å². The molecule has 0 heterocycles. The molecule has 1 aromatic carbocycles. The van der Waals surface area contributed by atoms with Crippen molar-refractivity contribution in [3.8, 4) is 0 Å². The van der Waals surface area contributed by atoms with E-state index in [1.54, 1.807) is 0 Å². The van der Waals surface area contributed by atoms with Crippen molar-refractivity contribution in [1.29, 1.82) is 0 Å². The van der Waals surface area contributed by atoms with E-state index in [-0.39, 0.29) is 5.92 Å². The highest BCUT2D eigenvalue weighted by molar-refractivity contribution is 6.02. The fourth-order valence-corrected chi connectivity index (χ4v) is 6.08. The molecule has 264 valence electrons. The monoisotopic (exact) mass is 702 g/mol. The van der Waals surface area contributed by atoms with Crippen LogP contribution in [0.4, 0.5) is 74.6 Å². The van der Waals surface area contributed by atoms with Crippen LogP contribution in [0.15, 0.2) is 24.3 Å². The summed E-state index contributed by atoms with van der Waals surface area (Å²) in [5.74, 6) is -59.9. The minimum atomic E-state index is -8.73. The zero-order valence-electron chi connectivity index (χ0n) is 23.6. The summed E-state index contributed by atoms with van der Waals surface area (Å²) in [5, 5.41) is 0. The lowest BCUT2D eigenvalue weighted by Crippen LogP contribution is -2.75. The van der Waals surface area contributed by atoms with Crippen molar-refractivity contribution in [3.05, 3.63) is 35.4 Å². The number of carbonyl (C=O) groups is 1. The summed E-state index contributed by atoms with van der Waals surface area (Å²) in [5.41, 5.74) is -1.15. The number of benzene rings is 1. The van der Waals surface area contributed by atoms with Gasteiger partial charge in [-0.15, -0.1) is 0 Å². The van der Waals surface area contributed by atoms with E-state index in [1.165, 1.54) is 0 Å². The van der Waals surface area contributed by atoms with Crippen molar-refractivity contribution in [2.75, 3.05) is 0 Å². The molecule has 0 radical (unpaired) electrons. The normalized spacial score (nSPS) is 25.0. The van der Waals surface area contributed by atoms with E-state index in [2.05, 4.69) is 6.92 Å². The van der Waals surface area contributed by atoms with Crippen molar-refractivity contribution < 1.29 is 79.4 Å². The van der Waals surface area contributed by atoms with Crippen LogP contribution in [0.5, 0.6) is 0 Å². The second-order valence-electron chi connectivity index (χ2n) is 12.1. The van der Waals surface area contributed by atoms with E-state index in [1.807, 2.05) is 0 Å². The Balaban J connectivity index is 1.82. The number of hydrogen-bond acceptors (Lipinski definition) is 1. The molecule has 18 heteroatoms. The summed E-state index contributed by atoms with van der Waals surface area (Å²) in [6.07, 6.45) is -0.723. The molecule has 2 aliphatic carbocycles. The summed E-state index contributed by atoms with van der Waals surface area (Å²) in [4.78, 5) is 12.1. The van der Waals surface area contributed by atoms with Crippen molar-refractivity contribution in [1.82, 2.24) is 0 Å². The third-order valence-corrected chi connectivity index (χ3v) is 9.15. The smallest absolute Gasteiger partial charge is 0.287 e. The molecule has 0 aromatic heterocycles. The third kappa shape index (κ3) is 5.85. The van der Waals surface area contributed by atoms with Gasteiger partial charge in [0, 0.05) is 5.56 Å². The van der Waals surface area contributed by atoms with Crippen LogP contribution in [0.25, 0.3) is 0 Å². The van der Waals surface area contributed by atoms with Crippen LogP contribution in [0.1, 0.15) is 80.1 Å². The SMILES string of the molecule is CC1CCC(C2CCC(c3ccc(C(=O)C(F)(F)C(F)(F)C(F)(F)C(F)(F)C(F)(F)C(F)(F)C(F)(F)C(F)(F)F)cc3)CC2)CC1. The predicted octanol–water partition coefficient (Wildman–Crippen LogP) is 11.0.